The number of anilines is 1. The number of hydrogen-bond donors (Lipinski definition) is 1. The number of nitrogens with zero attached hydrogens (tertiary/aromatic N) is 1. The molecule has 4 nitrogen and oxygen atoms in total. The zero-order valence-electron chi connectivity index (χ0n) is 13.7. The molecule has 1 amide bonds. The fourth-order valence-corrected chi connectivity index (χ4v) is 3.42. The maximum atomic E-state index is 14.3. The molecular formula is C18H25FN2O2. The van der Waals surface area contributed by atoms with Crippen molar-refractivity contribution in [3.63, 3.8) is 0 Å². The summed E-state index contributed by atoms with van der Waals surface area (Å²) in [7, 11) is 0. The molecule has 0 atom stereocenters. The summed E-state index contributed by atoms with van der Waals surface area (Å²) in [6.45, 7) is 4.73. The van der Waals surface area contributed by atoms with E-state index in [2.05, 4.69) is 12.2 Å². The molecule has 1 N–H and O–H groups in total. The number of hydrogen-bond acceptors (Lipinski definition) is 3. The predicted octanol–water partition coefficient (Wildman–Crippen LogP) is 3.91. The Balaban J connectivity index is 1.58. The van der Waals surface area contributed by atoms with E-state index >= 15 is 0 Å². The van der Waals surface area contributed by atoms with Gasteiger partial charge in [-0.15, -0.1) is 0 Å². The molecule has 0 aromatic heterocycles. The molecule has 0 bridgehead atoms. The Morgan fingerprint density at radius 2 is 2.17 bits per heavy atom. The molecule has 2 aliphatic heterocycles. The summed E-state index contributed by atoms with van der Waals surface area (Å²) in [5.41, 5.74) is 2.96. The molecule has 126 valence electrons. The summed E-state index contributed by atoms with van der Waals surface area (Å²) < 4.78 is 19.6. The highest BCUT2D eigenvalue weighted by atomic mass is 19.1. The highest BCUT2D eigenvalue weighted by molar-refractivity contribution is 5.67. The molecule has 1 saturated heterocycles. The van der Waals surface area contributed by atoms with E-state index < -0.39 is 0 Å². The molecular weight excluding hydrogens is 295 g/mol. The molecule has 1 fully saturated rings. The normalized spacial score (nSPS) is 17.7. The molecule has 0 aliphatic carbocycles. The Morgan fingerprint density at radius 1 is 1.39 bits per heavy atom. The van der Waals surface area contributed by atoms with E-state index in [1.807, 2.05) is 6.07 Å². The predicted molar refractivity (Wildman–Crippen MR) is 88.4 cm³/mol. The van der Waals surface area contributed by atoms with Crippen LogP contribution in [0.4, 0.5) is 14.9 Å². The van der Waals surface area contributed by atoms with Gasteiger partial charge in [0, 0.05) is 25.3 Å². The molecule has 0 radical (unpaired) electrons. The van der Waals surface area contributed by atoms with Crippen LogP contribution in [-0.4, -0.2) is 37.2 Å². The van der Waals surface area contributed by atoms with E-state index in [1.54, 1.807) is 11.0 Å². The minimum atomic E-state index is -0.226. The summed E-state index contributed by atoms with van der Waals surface area (Å²) in [4.78, 5) is 13.7. The average molecular weight is 320 g/mol. The van der Waals surface area contributed by atoms with Crippen molar-refractivity contribution in [2.45, 2.75) is 44.9 Å². The van der Waals surface area contributed by atoms with Gasteiger partial charge in [0.05, 0.1) is 6.61 Å². The number of benzene rings is 1. The molecule has 0 spiro atoms. The van der Waals surface area contributed by atoms with Crippen molar-refractivity contribution in [2.75, 3.05) is 31.6 Å². The molecule has 2 heterocycles. The van der Waals surface area contributed by atoms with Crippen LogP contribution in [0.1, 0.15) is 49.7 Å². The van der Waals surface area contributed by atoms with Gasteiger partial charge in [0.15, 0.2) is 0 Å². The van der Waals surface area contributed by atoms with Crippen molar-refractivity contribution >= 4 is 11.8 Å². The molecule has 5 heteroatoms. The van der Waals surface area contributed by atoms with Crippen LogP contribution in [-0.2, 0) is 11.2 Å². The number of carbonyl (C=O) groups is 1. The molecule has 0 unspecified atom stereocenters. The van der Waals surface area contributed by atoms with E-state index in [4.69, 9.17) is 4.74 Å². The number of carbonyl (C=O) groups excluding carboxylic acids is 1. The Morgan fingerprint density at radius 3 is 2.91 bits per heavy atom. The molecule has 2 aliphatic rings. The number of ether oxygens (including phenoxy) is 1. The lowest BCUT2D eigenvalue weighted by Gasteiger charge is -2.31. The lowest BCUT2D eigenvalue weighted by molar-refractivity contribution is 0.0914. The van der Waals surface area contributed by atoms with Crippen LogP contribution in [0, 0.1) is 5.82 Å². The van der Waals surface area contributed by atoms with Gasteiger partial charge in [0.25, 0.3) is 0 Å². The molecule has 1 aromatic carbocycles. The van der Waals surface area contributed by atoms with Gasteiger partial charge in [-0.2, -0.15) is 0 Å². The first kappa shape index (κ1) is 16.1. The summed E-state index contributed by atoms with van der Waals surface area (Å²) in [6.07, 6.45) is 4.25. The second kappa shape index (κ2) is 7.20. The Kier molecular flexibility index (Phi) is 5.03. The maximum absolute atomic E-state index is 14.3. The van der Waals surface area contributed by atoms with Crippen LogP contribution >= 0.6 is 0 Å². The zero-order chi connectivity index (χ0) is 16.2. The highest BCUT2D eigenvalue weighted by Gasteiger charge is 2.27. The Labute approximate surface area is 137 Å². The zero-order valence-corrected chi connectivity index (χ0v) is 13.7. The highest BCUT2D eigenvalue weighted by Crippen LogP contribution is 2.34. The topological polar surface area (TPSA) is 41.6 Å². The molecule has 1 aromatic rings. The lowest BCUT2D eigenvalue weighted by atomic mass is 9.88. The first-order valence-corrected chi connectivity index (χ1v) is 8.67. The molecule has 23 heavy (non-hydrogen) atoms. The minimum Gasteiger partial charge on any atom is -0.449 e. The number of nitrogens with one attached hydrogen (secondary N) is 1. The number of likely N-dealkylation sites (tertiary alicyclic amines) is 1. The monoisotopic (exact) mass is 320 g/mol. The van der Waals surface area contributed by atoms with Crippen LogP contribution < -0.4 is 5.32 Å². The van der Waals surface area contributed by atoms with Crippen LogP contribution in [0.25, 0.3) is 0 Å². The smallest absolute Gasteiger partial charge is 0.409 e. The summed E-state index contributed by atoms with van der Waals surface area (Å²) >= 11 is 0. The standard InChI is InChI=1S/C18H25FN2O2/c1-2-3-10-23-18(22)21-8-5-13(6-9-21)15-11-14-4-7-20-17(14)12-16(15)19/h11-13,20H,2-10H2,1H3. The quantitative estimate of drug-likeness (QED) is 0.855. The van der Waals surface area contributed by atoms with Crippen LogP contribution in [0.5, 0.6) is 0 Å². The van der Waals surface area contributed by atoms with Crippen molar-refractivity contribution in [1.29, 1.82) is 0 Å². The third-order valence-electron chi connectivity index (χ3n) is 4.85. The fourth-order valence-electron chi connectivity index (χ4n) is 3.42. The van der Waals surface area contributed by atoms with Gasteiger partial charge in [-0.3, -0.25) is 0 Å². The Bertz CT molecular complexity index is 568. The van der Waals surface area contributed by atoms with Crippen molar-refractivity contribution in [3.8, 4) is 0 Å². The van der Waals surface area contributed by atoms with Gasteiger partial charge in [-0.1, -0.05) is 19.4 Å². The Hall–Kier alpha value is -1.78. The first-order valence-electron chi connectivity index (χ1n) is 8.67. The van der Waals surface area contributed by atoms with Gasteiger partial charge < -0.3 is 15.0 Å². The number of rotatable bonds is 4. The van der Waals surface area contributed by atoms with Crippen molar-refractivity contribution in [1.82, 2.24) is 4.90 Å². The number of fused-ring (bicyclic) bond motifs is 1. The number of halogens is 1. The van der Waals surface area contributed by atoms with Crippen molar-refractivity contribution < 1.29 is 13.9 Å². The van der Waals surface area contributed by atoms with Gasteiger partial charge in [-0.25, -0.2) is 9.18 Å². The summed E-state index contributed by atoms with van der Waals surface area (Å²) in [5.74, 6) is 0.0720. The summed E-state index contributed by atoms with van der Waals surface area (Å²) in [5, 5.41) is 3.21. The SMILES string of the molecule is CCCCOC(=O)N1CCC(c2cc3c(cc2F)NCC3)CC1. The third kappa shape index (κ3) is 3.59. The van der Waals surface area contributed by atoms with E-state index in [0.717, 1.165) is 49.9 Å². The number of piperidine rings is 1. The van der Waals surface area contributed by atoms with Crippen LogP contribution in [0.2, 0.25) is 0 Å². The van der Waals surface area contributed by atoms with Crippen molar-refractivity contribution in [2.24, 2.45) is 0 Å². The van der Waals surface area contributed by atoms with Crippen molar-refractivity contribution in [3.05, 3.63) is 29.1 Å². The largest absolute Gasteiger partial charge is 0.449 e. The van der Waals surface area contributed by atoms with Crippen LogP contribution in [0.15, 0.2) is 12.1 Å². The van der Waals surface area contributed by atoms with Gasteiger partial charge >= 0.3 is 6.09 Å². The van der Waals surface area contributed by atoms with E-state index in [1.165, 1.54) is 5.56 Å². The van der Waals surface area contributed by atoms with Gasteiger partial charge in [-0.05, 0) is 48.8 Å². The molecule has 0 saturated carbocycles. The van der Waals surface area contributed by atoms with E-state index in [9.17, 15) is 9.18 Å². The minimum absolute atomic E-state index is 0.123. The first-order chi connectivity index (χ1) is 11.2. The van der Waals surface area contributed by atoms with E-state index in [-0.39, 0.29) is 17.8 Å². The van der Waals surface area contributed by atoms with E-state index in [0.29, 0.717) is 19.7 Å². The second-order valence-electron chi connectivity index (χ2n) is 6.44. The fraction of sp³-hybridized carbons (Fsp3) is 0.611. The summed E-state index contributed by atoms with van der Waals surface area (Å²) in [6, 6.07) is 3.65. The maximum Gasteiger partial charge on any atom is 0.409 e. The lowest BCUT2D eigenvalue weighted by Crippen LogP contribution is -2.38. The second-order valence-corrected chi connectivity index (χ2v) is 6.44. The average Bonchev–Trinajstić information content (AvgIpc) is 3.01. The van der Waals surface area contributed by atoms with Gasteiger partial charge in [0.2, 0.25) is 0 Å². The third-order valence-corrected chi connectivity index (χ3v) is 4.85. The number of amides is 1. The van der Waals surface area contributed by atoms with Crippen LogP contribution in [0.3, 0.4) is 0 Å². The molecule has 3 rings (SSSR count). The number of unbranched alkanes of at least 4 members (excludes halogenated alkanes) is 1. The van der Waals surface area contributed by atoms with Gasteiger partial charge in [0.1, 0.15) is 5.82 Å².